The van der Waals surface area contributed by atoms with Gasteiger partial charge in [-0.05, 0) is 36.2 Å². The first-order valence-corrected chi connectivity index (χ1v) is 12.8. The summed E-state index contributed by atoms with van der Waals surface area (Å²) in [6.45, 7) is 1.84. The third kappa shape index (κ3) is 5.20. The van der Waals surface area contributed by atoms with E-state index in [2.05, 4.69) is 5.32 Å². The van der Waals surface area contributed by atoms with Gasteiger partial charge in [0.25, 0.3) is 5.56 Å². The van der Waals surface area contributed by atoms with Gasteiger partial charge in [-0.2, -0.15) is 0 Å². The second kappa shape index (κ2) is 10.7. The number of nitrogens with zero attached hydrogens (tertiary/aromatic N) is 1. The lowest BCUT2D eigenvalue weighted by Crippen LogP contribution is -2.47. The zero-order valence-electron chi connectivity index (χ0n) is 18.0. The number of rotatable bonds is 8. The largest absolute Gasteiger partial charge is 0.464 e. The van der Waals surface area contributed by atoms with E-state index in [-0.39, 0.29) is 18.6 Å². The first-order valence-electron chi connectivity index (χ1n) is 10.4. The minimum atomic E-state index is -1.01. The summed E-state index contributed by atoms with van der Waals surface area (Å²) in [6, 6.07) is 15.8. The van der Waals surface area contributed by atoms with Crippen molar-refractivity contribution in [3.63, 3.8) is 0 Å². The number of esters is 1. The summed E-state index contributed by atoms with van der Waals surface area (Å²) in [5, 5.41) is 3.32. The van der Waals surface area contributed by atoms with Crippen LogP contribution in [0.1, 0.15) is 24.1 Å². The van der Waals surface area contributed by atoms with Gasteiger partial charge in [0.1, 0.15) is 6.04 Å². The molecular weight excluding hydrogens is 515 g/mol. The number of benzene rings is 2. The molecule has 2 aromatic heterocycles. The Hall–Kier alpha value is -2.65. The van der Waals surface area contributed by atoms with Gasteiger partial charge in [-0.3, -0.25) is 9.59 Å². The number of carbonyl (C=O) groups is 2. The van der Waals surface area contributed by atoms with Crippen LogP contribution in [0.5, 0.6) is 0 Å². The highest BCUT2D eigenvalue weighted by atomic mass is 35.5. The third-order valence-electron chi connectivity index (χ3n) is 5.15. The third-order valence-corrected chi connectivity index (χ3v) is 7.85. The van der Waals surface area contributed by atoms with Gasteiger partial charge in [-0.1, -0.05) is 77.2 Å². The molecule has 0 saturated heterocycles. The van der Waals surface area contributed by atoms with E-state index in [1.54, 1.807) is 49.4 Å². The van der Waals surface area contributed by atoms with Crippen molar-refractivity contribution < 1.29 is 14.3 Å². The summed E-state index contributed by atoms with van der Waals surface area (Å²) in [7, 11) is 0. The highest BCUT2D eigenvalue weighted by Gasteiger charge is 2.31. The van der Waals surface area contributed by atoms with E-state index in [0.717, 1.165) is 4.70 Å². The Morgan fingerprint density at radius 2 is 1.79 bits per heavy atom. The normalized spacial score (nSPS) is 12.9. The molecule has 1 amide bonds. The summed E-state index contributed by atoms with van der Waals surface area (Å²) in [4.78, 5) is 39.6. The van der Waals surface area contributed by atoms with Crippen molar-refractivity contribution >= 4 is 68.0 Å². The van der Waals surface area contributed by atoms with E-state index in [0.29, 0.717) is 25.2 Å². The first-order chi connectivity index (χ1) is 16.4. The fourth-order valence-electron chi connectivity index (χ4n) is 3.61. The van der Waals surface area contributed by atoms with Crippen LogP contribution >= 0.6 is 46.1 Å². The SMILES string of the molecule is CCOC(=O)C(Cc1cc(Cl)sc1Cl)NC(=O)C(c1ccccc1)n1sc2ccccc2c1=O. The average Bonchev–Trinajstić information content (AvgIpc) is 3.32. The van der Waals surface area contributed by atoms with Crippen LogP contribution in [0.2, 0.25) is 8.67 Å². The van der Waals surface area contributed by atoms with E-state index in [9.17, 15) is 14.4 Å². The van der Waals surface area contributed by atoms with Gasteiger partial charge in [-0.25, -0.2) is 8.75 Å². The second-order valence-corrected chi connectivity index (χ2v) is 10.7. The van der Waals surface area contributed by atoms with E-state index in [4.69, 9.17) is 27.9 Å². The van der Waals surface area contributed by atoms with Gasteiger partial charge in [0.2, 0.25) is 5.91 Å². The predicted molar refractivity (Wildman–Crippen MR) is 137 cm³/mol. The fraction of sp³-hybridized carbons (Fsp3) is 0.208. The highest BCUT2D eigenvalue weighted by Crippen LogP contribution is 2.32. The molecule has 2 aromatic carbocycles. The molecule has 2 atom stereocenters. The molecule has 0 spiro atoms. The Balaban J connectivity index is 1.72. The molecular formula is C24H20Cl2N2O4S2. The summed E-state index contributed by atoms with van der Waals surface area (Å²) < 4.78 is 8.32. The number of aromatic nitrogens is 1. The molecule has 6 nitrogen and oxygen atoms in total. The van der Waals surface area contributed by atoms with Crippen molar-refractivity contribution in [3.05, 3.63) is 90.8 Å². The molecule has 0 radical (unpaired) electrons. The molecule has 0 bridgehead atoms. The van der Waals surface area contributed by atoms with Crippen molar-refractivity contribution in [1.29, 1.82) is 0 Å². The minimum absolute atomic E-state index is 0.107. The standard InChI is InChI=1S/C24H20Cl2N2O4S2/c1-2-32-24(31)17(12-15-13-19(25)33-21(15)26)27-22(29)20(14-8-4-3-5-9-14)28-23(30)16-10-6-7-11-18(16)34-28/h3-11,13,17,20H,2,12H2,1H3,(H,27,29). The zero-order chi connectivity index (χ0) is 24.2. The summed E-state index contributed by atoms with van der Waals surface area (Å²) >= 11 is 14.7. The van der Waals surface area contributed by atoms with Gasteiger partial charge in [0.05, 0.1) is 25.4 Å². The molecule has 0 fully saturated rings. The lowest BCUT2D eigenvalue weighted by Gasteiger charge is -2.22. The van der Waals surface area contributed by atoms with Gasteiger partial charge in [0.15, 0.2) is 6.04 Å². The van der Waals surface area contributed by atoms with Crippen LogP contribution in [-0.2, 0) is 20.7 Å². The number of hydrogen-bond acceptors (Lipinski definition) is 6. The smallest absolute Gasteiger partial charge is 0.328 e. The van der Waals surface area contributed by atoms with E-state index in [1.165, 1.54) is 26.8 Å². The number of halogens is 2. The number of thiophene rings is 1. The van der Waals surface area contributed by atoms with Crippen LogP contribution in [0.15, 0.2) is 65.5 Å². The van der Waals surface area contributed by atoms with Crippen LogP contribution in [0.4, 0.5) is 0 Å². The van der Waals surface area contributed by atoms with Gasteiger partial charge in [-0.15, -0.1) is 11.3 Å². The van der Waals surface area contributed by atoms with Crippen LogP contribution in [0.3, 0.4) is 0 Å². The summed E-state index contributed by atoms with van der Waals surface area (Å²) in [6.07, 6.45) is 0.107. The number of nitrogens with one attached hydrogen (secondary N) is 1. The maximum atomic E-state index is 13.6. The molecule has 2 heterocycles. The second-order valence-electron chi connectivity index (χ2n) is 7.40. The van der Waals surface area contributed by atoms with Crippen molar-refractivity contribution in [2.45, 2.75) is 25.4 Å². The van der Waals surface area contributed by atoms with E-state index >= 15 is 0 Å². The Morgan fingerprint density at radius 3 is 2.44 bits per heavy atom. The predicted octanol–water partition coefficient (Wildman–Crippen LogP) is 5.31. The van der Waals surface area contributed by atoms with Crippen molar-refractivity contribution in [2.75, 3.05) is 6.61 Å². The Labute approximate surface area is 213 Å². The molecule has 1 N–H and O–H groups in total. The Kier molecular flexibility index (Phi) is 7.73. The molecule has 176 valence electrons. The van der Waals surface area contributed by atoms with Crippen molar-refractivity contribution in [3.8, 4) is 0 Å². The quantitative estimate of drug-likeness (QED) is 0.310. The first kappa shape index (κ1) is 24.5. The minimum Gasteiger partial charge on any atom is -0.464 e. The maximum Gasteiger partial charge on any atom is 0.328 e. The van der Waals surface area contributed by atoms with E-state index in [1.807, 2.05) is 18.2 Å². The van der Waals surface area contributed by atoms with Crippen LogP contribution in [0.25, 0.3) is 10.1 Å². The molecule has 0 saturated carbocycles. The molecule has 4 aromatic rings. The monoisotopic (exact) mass is 534 g/mol. The van der Waals surface area contributed by atoms with E-state index < -0.39 is 24.0 Å². The molecule has 10 heteroatoms. The van der Waals surface area contributed by atoms with Crippen molar-refractivity contribution in [2.24, 2.45) is 0 Å². The zero-order valence-corrected chi connectivity index (χ0v) is 21.1. The molecule has 2 unspecified atom stereocenters. The average molecular weight is 535 g/mol. The molecule has 0 aliphatic rings. The van der Waals surface area contributed by atoms with Crippen LogP contribution < -0.4 is 10.9 Å². The molecule has 4 rings (SSSR count). The number of amides is 1. The summed E-state index contributed by atoms with van der Waals surface area (Å²) in [5.74, 6) is -1.10. The van der Waals surface area contributed by atoms with Crippen molar-refractivity contribution in [1.82, 2.24) is 9.27 Å². The van der Waals surface area contributed by atoms with Crippen LogP contribution in [0, 0.1) is 0 Å². The van der Waals surface area contributed by atoms with Gasteiger partial charge in [0, 0.05) is 6.42 Å². The summed E-state index contributed by atoms with van der Waals surface area (Å²) in [5.41, 5.74) is 0.975. The molecule has 34 heavy (non-hydrogen) atoms. The number of hydrogen-bond donors (Lipinski definition) is 1. The Bertz CT molecular complexity index is 1380. The van der Waals surface area contributed by atoms with Crippen LogP contribution in [-0.4, -0.2) is 28.5 Å². The number of fused-ring (bicyclic) bond motifs is 1. The van der Waals surface area contributed by atoms with Gasteiger partial charge >= 0.3 is 5.97 Å². The topological polar surface area (TPSA) is 77.4 Å². The fourth-order valence-corrected chi connectivity index (χ4v) is 6.23. The molecule has 0 aliphatic heterocycles. The Morgan fingerprint density at radius 1 is 1.09 bits per heavy atom. The maximum absolute atomic E-state index is 13.6. The highest BCUT2D eigenvalue weighted by molar-refractivity contribution is 7.20. The molecule has 0 aliphatic carbocycles. The number of carbonyl (C=O) groups excluding carboxylic acids is 2. The number of ether oxygens (including phenoxy) is 1. The van der Waals surface area contributed by atoms with Gasteiger partial charge < -0.3 is 10.1 Å². The lowest BCUT2D eigenvalue weighted by atomic mass is 10.0. The lowest BCUT2D eigenvalue weighted by molar-refractivity contribution is -0.147.